The zero-order valence-electron chi connectivity index (χ0n) is 18.5. The van der Waals surface area contributed by atoms with Gasteiger partial charge in [0.05, 0.1) is 0 Å². The topological polar surface area (TPSA) is 51.6 Å². The third-order valence-corrected chi connectivity index (χ3v) is 9.17. The molecule has 0 radical (unpaired) electrons. The molecule has 1 heterocycles. The van der Waals surface area contributed by atoms with Gasteiger partial charge in [-0.05, 0) is 0 Å². The number of carbonyl (C=O) groups is 1. The second-order valence-electron chi connectivity index (χ2n) is 7.38. The number of hydrogen-bond donors (Lipinski definition) is 0. The average Bonchev–Trinajstić information content (AvgIpc) is 2.75. The van der Waals surface area contributed by atoms with Crippen LogP contribution in [0, 0.1) is 7.14 Å². The molecule has 0 aromatic heterocycles. The quantitative estimate of drug-likeness (QED) is 0.280. The van der Waals surface area contributed by atoms with E-state index in [4.69, 9.17) is 4.74 Å². The van der Waals surface area contributed by atoms with Gasteiger partial charge in [0.1, 0.15) is 0 Å². The van der Waals surface area contributed by atoms with Crippen LogP contribution in [-0.2, 0) is 6.54 Å². The van der Waals surface area contributed by atoms with Gasteiger partial charge in [0.25, 0.3) is 0 Å². The molecule has 2 aromatic rings. The summed E-state index contributed by atoms with van der Waals surface area (Å²) in [5.74, 6) is 1.74. The minimum absolute atomic E-state index is 0.0223. The fourth-order valence-electron chi connectivity index (χ4n) is 3.46. The molecule has 9 heteroatoms. The standard InChI is InChI=1S/C22H28BrIN5O2/c1-25-21(29-14-27(3)22(30)28(4)15-29)26(2)13-16-6-11-20(19(23)12-16)24-17-7-9-18(31-5)10-8-17/h6-12H,13-15H2,1-5H3/q-1. The first-order valence-electron chi connectivity index (χ1n) is 9.78. The number of benzene rings is 2. The van der Waals surface area contributed by atoms with Gasteiger partial charge < -0.3 is 0 Å². The molecular weight excluding hydrogens is 573 g/mol. The molecule has 0 saturated carbocycles. The molecule has 0 bridgehead atoms. The Labute approximate surface area is 203 Å². The Morgan fingerprint density at radius 2 is 1.81 bits per heavy atom. The van der Waals surface area contributed by atoms with Crippen molar-refractivity contribution >= 4 is 27.9 Å². The van der Waals surface area contributed by atoms with Crippen LogP contribution < -0.4 is 25.9 Å². The molecule has 2 aromatic carbocycles. The number of carbonyl (C=O) groups excluding carboxylic acids is 1. The van der Waals surface area contributed by atoms with E-state index in [0.717, 1.165) is 22.7 Å². The number of aliphatic imine (C=N–C) groups is 1. The molecule has 2 amide bonds. The number of amides is 2. The monoisotopic (exact) mass is 600 g/mol. The Balaban J connectivity index is 1.67. The first kappa shape index (κ1) is 23.6. The van der Waals surface area contributed by atoms with Gasteiger partial charge >= 0.3 is 204 Å². The second kappa shape index (κ2) is 10.5. The summed E-state index contributed by atoms with van der Waals surface area (Å²) < 4.78 is 9.08. The number of guanidine groups is 1. The molecule has 7 nitrogen and oxygen atoms in total. The van der Waals surface area contributed by atoms with E-state index < -0.39 is 0 Å². The van der Waals surface area contributed by atoms with Crippen molar-refractivity contribution in [2.75, 3.05) is 48.6 Å². The molecule has 1 aliphatic heterocycles. The normalized spacial score (nSPS) is 15.0. The SMILES string of the molecule is CN=C(N(C)Cc1ccc([I-]c2ccc(OC)cc2)c(Br)c1)N1CN(C)C(=O)N(C)C1. The van der Waals surface area contributed by atoms with Gasteiger partial charge in [-0.1, -0.05) is 0 Å². The zero-order valence-corrected chi connectivity index (χ0v) is 22.2. The van der Waals surface area contributed by atoms with E-state index in [-0.39, 0.29) is 27.2 Å². The van der Waals surface area contributed by atoms with Gasteiger partial charge in [0, 0.05) is 0 Å². The van der Waals surface area contributed by atoms with Crippen molar-refractivity contribution in [3.8, 4) is 5.75 Å². The molecule has 0 spiro atoms. The Morgan fingerprint density at radius 1 is 1.16 bits per heavy atom. The number of halogens is 2. The second-order valence-corrected chi connectivity index (χ2v) is 11.2. The van der Waals surface area contributed by atoms with Crippen molar-refractivity contribution in [2.45, 2.75) is 6.54 Å². The van der Waals surface area contributed by atoms with Crippen LogP contribution in [0.2, 0.25) is 0 Å². The molecule has 168 valence electrons. The number of ether oxygens (including phenoxy) is 1. The Kier molecular flexibility index (Phi) is 8.04. The first-order valence-corrected chi connectivity index (χ1v) is 12.7. The van der Waals surface area contributed by atoms with E-state index in [9.17, 15) is 4.79 Å². The van der Waals surface area contributed by atoms with Crippen LogP contribution in [-0.4, -0.2) is 80.2 Å². The summed E-state index contributed by atoms with van der Waals surface area (Å²) >= 11 is 3.49. The van der Waals surface area contributed by atoms with E-state index in [1.165, 1.54) is 12.7 Å². The van der Waals surface area contributed by atoms with Crippen LogP contribution in [0.3, 0.4) is 0 Å². The number of methoxy groups -OCH3 is 1. The van der Waals surface area contributed by atoms with Crippen LogP contribution in [0.5, 0.6) is 5.75 Å². The van der Waals surface area contributed by atoms with Gasteiger partial charge in [-0.25, -0.2) is 0 Å². The van der Waals surface area contributed by atoms with E-state index >= 15 is 0 Å². The van der Waals surface area contributed by atoms with Crippen molar-refractivity contribution in [1.29, 1.82) is 0 Å². The summed E-state index contributed by atoms with van der Waals surface area (Å²) in [4.78, 5) is 24.1. The van der Waals surface area contributed by atoms with Gasteiger partial charge in [0.15, 0.2) is 0 Å². The van der Waals surface area contributed by atoms with Gasteiger partial charge in [-0.2, -0.15) is 0 Å². The maximum absolute atomic E-state index is 12.0. The predicted octanol–water partition coefficient (Wildman–Crippen LogP) is 0.218. The van der Waals surface area contributed by atoms with Gasteiger partial charge in [-0.3, -0.25) is 0 Å². The van der Waals surface area contributed by atoms with E-state index in [1.807, 2.05) is 19.2 Å². The summed E-state index contributed by atoms with van der Waals surface area (Å²) in [5.41, 5.74) is 1.20. The van der Waals surface area contributed by atoms with Crippen LogP contribution in [0.15, 0.2) is 51.9 Å². The molecule has 31 heavy (non-hydrogen) atoms. The van der Waals surface area contributed by atoms with Crippen molar-refractivity contribution in [2.24, 2.45) is 4.99 Å². The summed E-state index contributed by atoms with van der Waals surface area (Å²) in [6.07, 6.45) is 0. The molecule has 1 fully saturated rings. The summed E-state index contributed by atoms with van der Waals surface area (Å²) in [5, 5.41) is 0. The van der Waals surface area contributed by atoms with Gasteiger partial charge in [-0.15, -0.1) is 0 Å². The van der Waals surface area contributed by atoms with Crippen molar-refractivity contribution in [1.82, 2.24) is 19.6 Å². The average molecular weight is 601 g/mol. The fourth-order valence-corrected chi connectivity index (χ4v) is 6.55. The van der Waals surface area contributed by atoms with E-state index in [2.05, 4.69) is 61.1 Å². The van der Waals surface area contributed by atoms with E-state index in [0.29, 0.717) is 13.3 Å². The first-order chi connectivity index (χ1) is 14.8. The third kappa shape index (κ3) is 5.82. The van der Waals surface area contributed by atoms with Crippen LogP contribution in [0.25, 0.3) is 0 Å². The van der Waals surface area contributed by atoms with Crippen LogP contribution in [0.1, 0.15) is 5.56 Å². The molecular formula is C22H28BrIN5O2-. The van der Waals surface area contributed by atoms with Crippen LogP contribution in [0.4, 0.5) is 4.79 Å². The number of hydrogen-bond acceptors (Lipinski definition) is 3. The molecule has 1 aliphatic rings. The Morgan fingerprint density at radius 3 is 2.35 bits per heavy atom. The summed E-state index contributed by atoms with van der Waals surface area (Å²) in [6, 6.07) is 14.9. The zero-order chi connectivity index (χ0) is 22.5. The molecule has 3 rings (SSSR count). The number of nitrogens with zero attached hydrogens (tertiary/aromatic N) is 5. The molecule has 0 N–H and O–H groups in total. The maximum atomic E-state index is 12.0. The Bertz CT molecular complexity index is 939. The summed E-state index contributed by atoms with van der Waals surface area (Å²) in [6.45, 7) is 1.77. The molecule has 0 aliphatic carbocycles. The van der Waals surface area contributed by atoms with Crippen molar-refractivity contribution in [3.05, 3.63) is 59.6 Å². The van der Waals surface area contributed by atoms with Crippen molar-refractivity contribution in [3.63, 3.8) is 0 Å². The molecule has 0 unspecified atom stereocenters. The minimum atomic E-state index is -0.277. The van der Waals surface area contributed by atoms with Crippen molar-refractivity contribution < 1.29 is 30.7 Å². The number of urea groups is 1. The number of rotatable bonds is 5. The predicted molar refractivity (Wildman–Crippen MR) is 122 cm³/mol. The fraction of sp³-hybridized carbons (Fsp3) is 0.364. The van der Waals surface area contributed by atoms with Crippen LogP contribution >= 0.6 is 15.9 Å². The molecule has 1 saturated heterocycles. The van der Waals surface area contributed by atoms with E-state index in [1.54, 1.807) is 38.1 Å². The molecule has 0 atom stereocenters. The Hall–Kier alpha value is -2.01. The summed E-state index contributed by atoms with van der Waals surface area (Å²) in [7, 11) is 9.12. The third-order valence-electron chi connectivity index (χ3n) is 4.91. The van der Waals surface area contributed by atoms with Gasteiger partial charge in [0.2, 0.25) is 0 Å².